The van der Waals surface area contributed by atoms with Crippen LogP contribution in [0.5, 0.6) is 0 Å². The molecule has 147 valence electrons. The van der Waals surface area contributed by atoms with Gasteiger partial charge in [-0.05, 0) is 47.2 Å². The van der Waals surface area contributed by atoms with Crippen LogP contribution < -0.4 is 0 Å². The molecule has 0 spiro atoms. The van der Waals surface area contributed by atoms with Crippen molar-refractivity contribution in [2.24, 2.45) is 0 Å². The average Bonchev–Trinajstić information content (AvgIpc) is 2.59. The Morgan fingerprint density at radius 1 is 0.889 bits per heavy atom. The lowest BCUT2D eigenvalue weighted by molar-refractivity contribution is -0.376. The van der Waals surface area contributed by atoms with E-state index in [2.05, 4.69) is 6.07 Å². The van der Waals surface area contributed by atoms with Crippen molar-refractivity contribution in [3.63, 3.8) is 0 Å². The van der Waals surface area contributed by atoms with Gasteiger partial charge in [-0.1, -0.05) is 50.6 Å². The van der Waals surface area contributed by atoms with Gasteiger partial charge in [-0.15, -0.1) is 0 Å². The number of hydrogen-bond acceptors (Lipinski definition) is 1. The van der Waals surface area contributed by atoms with Gasteiger partial charge in [-0.2, -0.15) is 26.3 Å². The number of rotatable bonds is 5. The van der Waals surface area contributed by atoms with Crippen LogP contribution in [0.25, 0.3) is 11.1 Å². The normalized spacial score (nSPS) is 13.1. The van der Waals surface area contributed by atoms with Crippen molar-refractivity contribution in [2.75, 3.05) is 0 Å². The maximum absolute atomic E-state index is 13.2. The number of hydrogen-bond donors (Lipinski definition) is 1. The van der Waals surface area contributed by atoms with E-state index in [-0.39, 0.29) is 6.42 Å². The number of halogens is 6. The summed E-state index contributed by atoms with van der Waals surface area (Å²) in [6, 6.07) is 10.8. The molecule has 0 aliphatic carbocycles. The molecule has 0 atom stereocenters. The minimum atomic E-state index is -5.90. The Kier molecular flexibility index (Phi) is 5.94. The fourth-order valence-corrected chi connectivity index (χ4v) is 3.07. The van der Waals surface area contributed by atoms with Crippen molar-refractivity contribution < 1.29 is 31.4 Å². The van der Waals surface area contributed by atoms with E-state index < -0.39 is 23.5 Å². The van der Waals surface area contributed by atoms with Crippen LogP contribution in [-0.4, -0.2) is 17.5 Å². The molecule has 0 bridgehead atoms. The molecular formula is C20H19F6O. The van der Waals surface area contributed by atoms with Crippen molar-refractivity contribution in [3.05, 3.63) is 59.2 Å². The highest BCUT2D eigenvalue weighted by atomic mass is 19.4. The smallest absolute Gasteiger partial charge is 0.369 e. The molecule has 0 aliphatic heterocycles. The van der Waals surface area contributed by atoms with E-state index in [1.807, 2.05) is 6.92 Å². The number of aliphatic hydroxyl groups is 1. The predicted molar refractivity (Wildman–Crippen MR) is 90.1 cm³/mol. The van der Waals surface area contributed by atoms with E-state index in [1.165, 1.54) is 6.07 Å². The van der Waals surface area contributed by atoms with Gasteiger partial charge in [0.05, 0.1) is 0 Å². The van der Waals surface area contributed by atoms with Crippen LogP contribution in [0.3, 0.4) is 0 Å². The molecule has 0 saturated heterocycles. The molecular weight excluding hydrogens is 370 g/mol. The molecule has 27 heavy (non-hydrogen) atoms. The first kappa shape index (κ1) is 21.3. The van der Waals surface area contributed by atoms with Crippen LogP contribution in [0.1, 0.15) is 37.0 Å². The van der Waals surface area contributed by atoms with E-state index >= 15 is 0 Å². The van der Waals surface area contributed by atoms with Gasteiger partial charge in [0.15, 0.2) is 0 Å². The maximum Gasteiger partial charge on any atom is 0.430 e. The van der Waals surface area contributed by atoms with Gasteiger partial charge in [-0.25, -0.2) is 0 Å². The minimum absolute atomic E-state index is 0.271. The third-order valence-corrected chi connectivity index (χ3v) is 4.49. The second kappa shape index (κ2) is 7.54. The van der Waals surface area contributed by atoms with Crippen LogP contribution in [0, 0.1) is 6.07 Å². The SMILES string of the molecule is CCCc1cc(C(O)(C(F)(F)F)C(F)(F)F)ccc1-c1c[c]ccc1CC. The van der Waals surface area contributed by atoms with Crippen molar-refractivity contribution >= 4 is 0 Å². The predicted octanol–water partition coefficient (Wildman–Crippen LogP) is 5.98. The van der Waals surface area contributed by atoms with Crippen molar-refractivity contribution in [3.8, 4) is 11.1 Å². The Balaban J connectivity index is 2.71. The van der Waals surface area contributed by atoms with E-state index in [0.717, 1.165) is 11.6 Å². The summed E-state index contributed by atoms with van der Waals surface area (Å²) >= 11 is 0. The summed E-state index contributed by atoms with van der Waals surface area (Å²) in [6.45, 7) is 3.67. The third-order valence-electron chi connectivity index (χ3n) is 4.49. The zero-order chi connectivity index (χ0) is 20.5. The first-order valence-corrected chi connectivity index (χ1v) is 8.45. The van der Waals surface area contributed by atoms with Crippen LogP contribution >= 0.6 is 0 Å². The van der Waals surface area contributed by atoms with E-state index in [4.69, 9.17) is 0 Å². The Labute approximate surface area is 153 Å². The third kappa shape index (κ3) is 3.83. The van der Waals surface area contributed by atoms with Gasteiger partial charge >= 0.3 is 12.4 Å². The molecule has 0 amide bonds. The zero-order valence-electron chi connectivity index (χ0n) is 14.8. The second-order valence-corrected chi connectivity index (χ2v) is 6.26. The molecule has 1 nitrogen and oxygen atoms in total. The zero-order valence-corrected chi connectivity index (χ0v) is 14.8. The fraction of sp³-hybridized carbons (Fsp3) is 0.400. The molecule has 0 unspecified atom stereocenters. The van der Waals surface area contributed by atoms with E-state index in [0.29, 0.717) is 35.6 Å². The highest BCUT2D eigenvalue weighted by Gasteiger charge is 2.71. The van der Waals surface area contributed by atoms with Gasteiger partial charge in [-0.3, -0.25) is 0 Å². The van der Waals surface area contributed by atoms with E-state index in [1.54, 1.807) is 25.1 Å². The molecule has 2 aromatic rings. The first-order valence-electron chi connectivity index (χ1n) is 8.45. The molecule has 0 heterocycles. The monoisotopic (exact) mass is 389 g/mol. The Hall–Kier alpha value is -2.02. The molecule has 2 aromatic carbocycles. The summed E-state index contributed by atoms with van der Waals surface area (Å²) in [5.74, 6) is 0. The van der Waals surface area contributed by atoms with Gasteiger partial charge in [0.25, 0.3) is 5.60 Å². The average molecular weight is 389 g/mol. The van der Waals surface area contributed by atoms with Gasteiger partial charge < -0.3 is 5.11 Å². The molecule has 1 radical (unpaired) electrons. The summed E-state index contributed by atoms with van der Waals surface area (Å²) < 4.78 is 79.0. The Morgan fingerprint density at radius 3 is 2.04 bits per heavy atom. The van der Waals surface area contributed by atoms with Crippen molar-refractivity contribution in [1.82, 2.24) is 0 Å². The molecule has 2 rings (SSSR count). The summed E-state index contributed by atoms with van der Waals surface area (Å²) in [6.07, 6.45) is -10.4. The summed E-state index contributed by atoms with van der Waals surface area (Å²) in [5, 5.41) is 9.65. The minimum Gasteiger partial charge on any atom is -0.369 e. The number of aryl methyl sites for hydroxylation is 2. The molecule has 0 fully saturated rings. The van der Waals surface area contributed by atoms with Gasteiger partial charge in [0.2, 0.25) is 0 Å². The van der Waals surface area contributed by atoms with Crippen LogP contribution in [0.2, 0.25) is 0 Å². The standard InChI is InChI=1S/C20H19F6O/c1-3-7-14-12-15(18(27,19(21,22)23)20(24,25)26)10-11-17(14)16-9-6-5-8-13(16)4-2/h5,8-12,27H,3-4,7H2,1-2H3. The van der Waals surface area contributed by atoms with Crippen molar-refractivity contribution in [1.29, 1.82) is 0 Å². The lowest BCUT2D eigenvalue weighted by Gasteiger charge is -2.33. The molecule has 1 N–H and O–H groups in total. The van der Waals surface area contributed by atoms with Crippen molar-refractivity contribution in [2.45, 2.75) is 51.1 Å². The molecule has 0 aromatic heterocycles. The number of benzene rings is 2. The summed E-state index contributed by atoms with van der Waals surface area (Å²) in [7, 11) is 0. The molecule has 0 aliphatic rings. The molecule has 0 saturated carbocycles. The quantitative estimate of drug-likeness (QED) is 0.624. The maximum atomic E-state index is 13.2. The summed E-state index contributed by atoms with van der Waals surface area (Å²) in [5.41, 5.74) is -3.68. The highest BCUT2D eigenvalue weighted by molar-refractivity contribution is 5.71. The topological polar surface area (TPSA) is 20.2 Å². The highest BCUT2D eigenvalue weighted by Crippen LogP contribution is 2.50. The lowest BCUT2D eigenvalue weighted by atomic mass is 9.86. The Bertz CT molecular complexity index is 778. The van der Waals surface area contributed by atoms with Gasteiger partial charge in [0, 0.05) is 5.56 Å². The van der Waals surface area contributed by atoms with Crippen LogP contribution in [-0.2, 0) is 18.4 Å². The lowest BCUT2D eigenvalue weighted by Crippen LogP contribution is -2.53. The summed E-state index contributed by atoms with van der Waals surface area (Å²) in [4.78, 5) is 0. The molecule has 7 heteroatoms. The van der Waals surface area contributed by atoms with Crippen LogP contribution in [0.15, 0.2) is 36.4 Å². The van der Waals surface area contributed by atoms with Gasteiger partial charge in [0.1, 0.15) is 0 Å². The number of alkyl halides is 6. The largest absolute Gasteiger partial charge is 0.430 e. The Morgan fingerprint density at radius 2 is 1.52 bits per heavy atom. The first-order chi connectivity index (χ1) is 12.5. The van der Waals surface area contributed by atoms with E-state index in [9.17, 15) is 31.4 Å². The second-order valence-electron chi connectivity index (χ2n) is 6.26. The van der Waals surface area contributed by atoms with Crippen LogP contribution in [0.4, 0.5) is 26.3 Å². The fourth-order valence-electron chi connectivity index (χ4n) is 3.07.